The molecular formula is C19H38O5. The summed E-state index contributed by atoms with van der Waals surface area (Å²) in [6.07, 6.45) is 7.51. The van der Waals surface area contributed by atoms with Crippen LogP contribution in [0.25, 0.3) is 0 Å². The van der Waals surface area contributed by atoms with Crippen LogP contribution in [0.2, 0.25) is 0 Å². The van der Waals surface area contributed by atoms with E-state index < -0.39 is 5.97 Å². The first-order chi connectivity index (χ1) is 11.6. The van der Waals surface area contributed by atoms with E-state index in [-0.39, 0.29) is 12.4 Å². The lowest BCUT2D eigenvalue weighted by molar-refractivity contribution is -0.384. The summed E-state index contributed by atoms with van der Waals surface area (Å²) in [6, 6.07) is 0. The summed E-state index contributed by atoms with van der Waals surface area (Å²) >= 11 is 0. The van der Waals surface area contributed by atoms with Gasteiger partial charge in [-0.15, -0.1) is 0 Å². The van der Waals surface area contributed by atoms with E-state index in [0.717, 1.165) is 44.9 Å². The van der Waals surface area contributed by atoms with Crippen molar-refractivity contribution in [1.29, 1.82) is 0 Å². The Morgan fingerprint density at radius 3 is 1.58 bits per heavy atom. The van der Waals surface area contributed by atoms with Gasteiger partial charge in [-0.05, 0) is 32.6 Å². The Morgan fingerprint density at radius 2 is 1.21 bits per heavy atom. The van der Waals surface area contributed by atoms with E-state index in [1.54, 1.807) is 0 Å². The van der Waals surface area contributed by atoms with Crippen molar-refractivity contribution in [3.63, 3.8) is 0 Å². The van der Waals surface area contributed by atoms with Crippen LogP contribution in [0.15, 0.2) is 0 Å². The van der Waals surface area contributed by atoms with Crippen LogP contribution in [0.4, 0.5) is 0 Å². The monoisotopic (exact) mass is 346 g/mol. The summed E-state index contributed by atoms with van der Waals surface area (Å²) in [5, 5.41) is 0. The maximum Gasteiger partial charge on any atom is 0.282 e. The Hall–Kier alpha value is -0.490. The molecule has 0 amide bonds. The van der Waals surface area contributed by atoms with Crippen molar-refractivity contribution >= 4 is 5.78 Å². The number of carbonyl (C=O) groups is 1. The lowest BCUT2D eigenvalue weighted by Gasteiger charge is -2.33. The zero-order valence-corrected chi connectivity index (χ0v) is 16.2. The molecule has 0 spiro atoms. The third-order valence-electron chi connectivity index (χ3n) is 3.54. The quantitative estimate of drug-likeness (QED) is 0.271. The molecule has 5 heteroatoms. The fourth-order valence-electron chi connectivity index (χ4n) is 2.06. The first kappa shape index (κ1) is 23.5. The maximum atomic E-state index is 10.9. The van der Waals surface area contributed by atoms with Gasteiger partial charge in [-0.2, -0.15) is 0 Å². The summed E-state index contributed by atoms with van der Waals surface area (Å²) < 4.78 is 23.4. The molecule has 0 rings (SSSR count). The molecule has 5 nitrogen and oxygen atoms in total. The second kappa shape index (κ2) is 16.0. The number of Topliss-reactive ketones (excluding diaryl/α,β-unsaturated/α-hetero) is 1. The van der Waals surface area contributed by atoms with Crippen LogP contribution < -0.4 is 0 Å². The standard InChI is InChI=1S/C19H38O5/c1-5-8-14-22-19(23-15-9-6-2,24-16-10-7-3)12-11-13-21-17-18(4)20/h5-17H2,1-4H3. The largest absolute Gasteiger partial charge is 0.374 e. The van der Waals surface area contributed by atoms with Crippen molar-refractivity contribution in [2.75, 3.05) is 33.0 Å². The molecule has 0 aromatic rings. The van der Waals surface area contributed by atoms with Crippen LogP contribution >= 0.6 is 0 Å². The van der Waals surface area contributed by atoms with Gasteiger partial charge in [0.1, 0.15) is 6.61 Å². The molecule has 0 heterocycles. The van der Waals surface area contributed by atoms with E-state index in [0.29, 0.717) is 32.8 Å². The normalized spacial score (nSPS) is 11.8. The molecule has 0 aliphatic carbocycles. The number of ketones is 1. The Labute approximate surface area is 148 Å². The zero-order valence-electron chi connectivity index (χ0n) is 16.2. The summed E-state index contributed by atoms with van der Waals surface area (Å²) in [5.74, 6) is -0.933. The van der Waals surface area contributed by atoms with Gasteiger partial charge in [0.2, 0.25) is 0 Å². The van der Waals surface area contributed by atoms with Gasteiger partial charge in [-0.25, -0.2) is 0 Å². The van der Waals surface area contributed by atoms with E-state index in [1.807, 2.05) is 0 Å². The molecule has 0 fully saturated rings. The van der Waals surface area contributed by atoms with Crippen LogP contribution in [0, 0.1) is 0 Å². The molecule has 0 aromatic carbocycles. The average molecular weight is 347 g/mol. The predicted molar refractivity (Wildman–Crippen MR) is 96.0 cm³/mol. The summed E-state index contributed by atoms with van der Waals surface area (Å²) in [6.45, 7) is 10.5. The van der Waals surface area contributed by atoms with E-state index >= 15 is 0 Å². The van der Waals surface area contributed by atoms with Crippen LogP contribution in [0.3, 0.4) is 0 Å². The molecule has 0 aliphatic rings. The van der Waals surface area contributed by atoms with Crippen molar-refractivity contribution in [3.8, 4) is 0 Å². The fraction of sp³-hybridized carbons (Fsp3) is 0.947. The number of unbranched alkanes of at least 4 members (excludes halogenated alkanes) is 3. The first-order valence-corrected chi connectivity index (χ1v) is 9.59. The SMILES string of the molecule is CCCCOC(CCCOCC(C)=O)(OCCCC)OCCCC. The lowest BCUT2D eigenvalue weighted by Crippen LogP contribution is -2.40. The zero-order chi connectivity index (χ0) is 18.1. The van der Waals surface area contributed by atoms with E-state index in [9.17, 15) is 4.79 Å². The van der Waals surface area contributed by atoms with Crippen LogP contribution in [0.5, 0.6) is 0 Å². The number of ether oxygens (including phenoxy) is 4. The molecule has 0 bridgehead atoms. The second-order valence-electron chi connectivity index (χ2n) is 6.15. The minimum atomic E-state index is -0.973. The smallest absolute Gasteiger partial charge is 0.282 e. The highest BCUT2D eigenvalue weighted by Gasteiger charge is 2.33. The van der Waals surface area contributed by atoms with Crippen molar-refractivity contribution in [2.24, 2.45) is 0 Å². The molecule has 0 saturated heterocycles. The number of carbonyl (C=O) groups excluding carboxylic acids is 1. The average Bonchev–Trinajstić information content (AvgIpc) is 2.55. The molecule has 0 N–H and O–H groups in total. The highest BCUT2D eigenvalue weighted by atomic mass is 16.9. The van der Waals surface area contributed by atoms with Crippen LogP contribution in [-0.2, 0) is 23.7 Å². The van der Waals surface area contributed by atoms with Gasteiger partial charge in [0.15, 0.2) is 5.78 Å². The molecule has 0 aliphatic heterocycles. The maximum absolute atomic E-state index is 10.9. The van der Waals surface area contributed by atoms with Crippen molar-refractivity contribution in [2.45, 2.75) is 85.0 Å². The van der Waals surface area contributed by atoms with E-state index in [2.05, 4.69) is 20.8 Å². The van der Waals surface area contributed by atoms with Gasteiger partial charge in [-0.1, -0.05) is 40.0 Å². The molecule has 144 valence electrons. The van der Waals surface area contributed by atoms with Crippen molar-refractivity contribution < 1.29 is 23.7 Å². The number of hydrogen-bond donors (Lipinski definition) is 0. The molecule has 0 unspecified atom stereocenters. The second-order valence-corrected chi connectivity index (χ2v) is 6.15. The van der Waals surface area contributed by atoms with Gasteiger partial charge in [0.25, 0.3) is 5.97 Å². The van der Waals surface area contributed by atoms with E-state index in [1.165, 1.54) is 6.92 Å². The molecule has 0 saturated carbocycles. The van der Waals surface area contributed by atoms with Gasteiger partial charge < -0.3 is 18.9 Å². The number of hydrogen-bond acceptors (Lipinski definition) is 5. The Kier molecular flexibility index (Phi) is 15.7. The van der Waals surface area contributed by atoms with Crippen LogP contribution in [0.1, 0.15) is 79.1 Å². The fourth-order valence-corrected chi connectivity index (χ4v) is 2.06. The minimum Gasteiger partial charge on any atom is -0.374 e. The molecular weight excluding hydrogens is 308 g/mol. The van der Waals surface area contributed by atoms with Crippen molar-refractivity contribution in [1.82, 2.24) is 0 Å². The minimum absolute atomic E-state index is 0.0406. The molecule has 0 radical (unpaired) electrons. The predicted octanol–water partition coefficient (Wildman–Crippen LogP) is 4.48. The third kappa shape index (κ3) is 12.9. The lowest BCUT2D eigenvalue weighted by atomic mass is 10.2. The number of rotatable bonds is 18. The van der Waals surface area contributed by atoms with Gasteiger partial charge in [0.05, 0.1) is 19.8 Å². The highest BCUT2D eigenvalue weighted by Crippen LogP contribution is 2.24. The summed E-state index contributed by atoms with van der Waals surface area (Å²) in [7, 11) is 0. The highest BCUT2D eigenvalue weighted by molar-refractivity contribution is 5.76. The van der Waals surface area contributed by atoms with E-state index in [4.69, 9.17) is 18.9 Å². The Balaban J connectivity index is 4.56. The summed E-state index contributed by atoms with van der Waals surface area (Å²) in [4.78, 5) is 10.9. The molecule has 0 aromatic heterocycles. The Bertz CT molecular complexity index is 267. The topological polar surface area (TPSA) is 54.0 Å². The van der Waals surface area contributed by atoms with Gasteiger partial charge >= 0.3 is 0 Å². The molecule has 0 atom stereocenters. The Morgan fingerprint density at radius 1 is 0.750 bits per heavy atom. The third-order valence-corrected chi connectivity index (χ3v) is 3.54. The summed E-state index contributed by atoms with van der Waals surface area (Å²) in [5.41, 5.74) is 0. The van der Waals surface area contributed by atoms with Crippen molar-refractivity contribution in [3.05, 3.63) is 0 Å². The van der Waals surface area contributed by atoms with Gasteiger partial charge in [-0.3, -0.25) is 4.79 Å². The molecule has 24 heavy (non-hydrogen) atoms. The van der Waals surface area contributed by atoms with Crippen LogP contribution in [-0.4, -0.2) is 44.8 Å². The van der Waals surface area contributed by atoms with Gasteiger partial charge in [0, 0.05) is 13.0 Å². The first-order valence-electron chi connectivity index (χ1n) is 9.59.